The maximum atomic E-state index is 13.5. The van der Waals surface area contributed by atoms with Gasteiger partial charge in [0.2, 0.25) is 5.91 Å². The van der Waals surface area contributed by atoms with E-state index in [1.165, 1.54) is 112 Å². The van der Waals surface area contributed by atoms with Crippen LogP contribution in [0.15, 0.2) is 212 Å². The summed E-state index contributed by atoms with van der Waals surface area (Å²) in [6.45, 7) is 30.0. The first-order chi connectivity index (χ1) is 56.9. The number of halogens is 12. The fourth-order valence-corrected chi connectivity index (χ4v) is 10.3. The molecule has 5 amide bonds. The number of para-hydroxylation sites is 1. The number of hydrogen-bond acceptors (Lipinski definition) is 13. The molecule has 0 saturated heterocycles. The minimum Gasteiger partial charge on any atom is -0.520 e. The second kappa shape index (κ2) is 57.4. The smallest absolute Gasteiger partial charge is 0.403 e. The van der Waals surface area contributed by atoms with Crippen molar-refractivity contribution in [3.63, 3.8) is 0 Å². The molecule has 10 N–H and O–H groups in total. The summed E-state index contributed by atoms with van der Waals surface area (Å²) in [6, 6.07) is 46.1. The second-order valence-electron chi connectivity index (χ2n) is 28.7. The monoisotopic (exact) mass is 2700 g/mol. The minimum atomic E-state index is -6.82. The zero-order chi connectivity index (χ0) is 93.9. The minimum absolute atomic E-state index is 0. The van der Waals surface area contributed by atoms with Gasteiger partial charge in [0.05, 0.1) is 130 Å². The number of nitrogens with zero attached hydrogens (tertiary/aromatic N) is 7. The van der Waals surface area contributed by atoms with Gasteiger partial charge in [-0.15, -0.1) is 132 Å². The van der Waals surface area contributed by atoms with E-state index in [2.05, 4.69) is 71.9 Å². The number of urea groups is 2. The summed E-state index contributed by atoms with van der Waals surface area (Å²) in [5, 5.41) is 42.0. The molecule has 0 unspecified atom stereocenters. The summed E-state index contributed by atoms with van der Waals surface area (Å²) in [7, 11) is 1.45. The van der Waals surface area contributed by atoms with Crippen LogP contribution < -0.4 is 4.90 Å². The molecule has 6 aromatic carbocycles. The first kappa shape index (κ1) is 125. The van der Waals surface area contributed by atoms with Crippen LogP contribution in [0, 0.1) is 64.4 Å². The quantitative estimate of drug-likeness (QED) is 0.0119. The predicted molar refractivity (Wildman–Crippen MR) is 449 cm³/mol. The Labute approximate surface area is 801 Å². The number of benzene rings is 6. The maximum absolute atomic E-state index is 13.5. The van der Waals surface area contributed by atoms with Gasteiger partial charge in [0.15, 0.2) is 0 Å². The number of imide groups is 1. The third-order valence-electron chi connectivity index (χ3n) is 15.7. The van der Waals surface area contributed by atoms with Crippen LogP contribution in [0.5, 0.6) is 0 Å². The van der Waals surface area contributed by atoms with Crippen molar-refractivity contribution in [3.8, 4) is 0 Å². The number of rotatable bonds is 11. The van der Waals surface area contributed by atoms with Crippen molar-refractivity contribution in [2.45, 2.75) is 153 Å². The summed E-state index contributed by atoms with van der Waals surface area (Å²) >= 11 is 0. The molecule has 6 aromatic rings. The number of allylic oxidation sites excluding steroid dienone is 10. The van der Waals surface area contributed by atoms with Crippen molar-refractivity contribution in [2.24, 2.45) is 35.8 Å². The molecule has 0 saturated carbocycles. The SMILES string of the molecule is CC(=[OH+])C=C(C)O.CC(=[OH+])C=C(C)O.CC(=[OH+])C=C(C)O.CC(=[OH+])C=C(C)O.CC(=[OH+])C=C(C)O.CC1(C)CCOC(c2[c-]cccc2)=N1.CC1(C)CN(c2ccccc2)C(=O)N=C1c1[c-]cccc1.CN1C(=O)N=C(c2[c-]cccc2)C(C)(C)C1=O.Fc1[c-]c(C2=NC(F)(F)C(F)(F)C(F)(F)C2(F)F)c(F)c(F)c1F.[Ir].[Ir].[Ir].[Ir].[Ir].[c-]1ccccc1C1=NCCCO1. The molecule has 128 heavy (non-hydrogen) atoms. The van der Waals surface area contributed by atoms with E-state index >= 15 is 0 Å². The first-order valence-electron chi connectivity index (χ1n) is 36.9. The number of ketones is 5. The number of aliphatic imine (C=N–C) groups is 5. The van der Waals surface area contributed by atoms with Gasteiger partial charge in [-0.3, -0.25) is 62.3 Å². The van der Waals surface area contributed by atoms with Crippen LogP contribution in [-0.4, -0.2) is 193 Å². The molecule has 22 nitrogen and oxygen atoms in total. The van der Waals surface area contributed by atoms with Gasteiger partial charge in [-0.1, -0.05) is 68.7 Å². The Hall–Kier alpha value is -9.66. The van der Waals surface area contributed by atoms with Gasteiger partial charge < -0.3 is 35.0 Å². The van der Waals surface area contributed by atoms with Crippen molar-refractivity contribution in [1.82, 2.24) is 4.90 Å². The molecule has 0 atom stereocenters. The number of aliphatic hydroxyl groups excluding tert-OH is 5. The first-order valence-corrected chi connectivity index (χ1v) is 36.9. The van der Waals surface area contributed by atoms with E-state index in [1.54, 1.807) is 30.9 Å². The van der Waals surface area contributed by atoms with Crippen molar-refractivity contribution in [1.29, 1.82) is 0 Å². The number of hydrogen-bond donors (Lipinski definition) is 5. The van der Waals surface area contributed by atoms with E-state index in [9.17, 15) is 67.1 Å². The number of carbonyl (C=O) groups excluding carboxylic acids is 8. The van der Waals surface area contributed by atoms with Crippen LogP contribution in [0.1, 0.15) is 151 Å². The van der Waals surface area contributed by atoms with Crippen molar-refractivity contribution in [3.05, 3.63) is 268 Å². The topological polar surface area (TPSA) is 346 Å². The largest absolute Gasteiger partial charge is 0.520 e. The van der Waals surface area contributed by atoms with E-state index in [1.807, 2.05) is 115 Å². The molecule has 709 valence electrons. The average molecular weight is 2700 g/mol. The van der Waals surface area contributed by atoms with Crippen LogP contribution in [-0.2, 0) is 115 Å². The summed E-state index contributed by atoms with van der Waals surface area (Å²) in [5.74, 6) is -28.2. The Morgan fingerprint density at radius 1 is 0.453 bits per heavy atom. The molecule has 0 fully saturated rings. The predicted octanol–water partition coefficient (Wildman–Crippen LogP) is 19.3. The molecule has 0 bridgehead atoms. The summed E-state index contributed by atoms with van der Waals surface area (Å²) in [4.78, 5) is 99.3. The van der Waals surface area contributed by atoms with Gasteiger partial charge >= 0.3 is 64.8 Å². The van der Waals surface area contributed by atoms with Crippen molar-refractivity contribution < 1.29 is 227 Å². The van der Waals surface area contributed by atoms with Gasteiger partial charge in [-0.05, 0) is 83.9 Å². The Morgan fingerprint density at radius 2 is 0.820 bits per heavy atom. The number of aliphatic hydroxyl groups is 5. The summed E-state index contributed by atoms with van der Waals surface area (Å²) in [5.41, 5.74) is -0.973. The number of ether oxygens (including phenoxy) is 2. The summed E-state index contributed by atoms with van der Waals surface area (Å²) < 4.78 is 168. The molecule has 39 heteroatoms. The van der Waals surface area contributed by atoms with Gasteiger partial charge in [-0.2, -0.15) is 26.3 Å². The van der Waals surface area contributed by atoms with Gasteiger partial charge in [-0.25, -0.2) is 37.1 Å². The van der Waals surface area contributed by atoms with E-state index in [4.69, 9.17) is 59.0 Å². The van der Waals surface area contributed by atoms with E-state index in [0.717, 1.165) is 77.4 Å². The Morgan fingerprint density at radius 3 is 1.17 bits per heavy atom. The zero-order valence-corrected chi connectivity index (χ0v) is 84.1. The maximum Gasteiger partial charge on any atom is 0.403 e. The molecule has 5 heterocycles. The molecule has 0 spiro atoms. The summed E-state index contributed by atoms with van der Waals surface area (Å²) in [6.07, 6.45) is 8.39. The van der Waals surface area contributed by atoms with E-state index < -0.39 is 69.8 Å². The number of carbonyl (C=O) groups is 3. The van der Waals surface area contributed by atoms with Gasteiger partial charge in [0.1, 0.15) is 23.4 Å². The van der Waals surface area contributed by atoms with Crippen LogP contribution in [0.25, 0.3) is 0 Å². The van der Waals surface area contributed by atoms with Crippen LogP contribution >= 0.6 is 0 Å². The Kier molecular flexibility index (Phi) is 55.9. The molecule has 0 aliphatic carbocycles. The van der Waals surface area contributed by atoms with Crippen LogP contribution in [0.2, 0.25) is 0 Å². The number of anilines is 1. The van der Waals surface area contributed by atoms with Gasteiger partial charge in [0, 0.05) is 138 Å². The van der Waals surface area contributed by atoms with Gasteiger partial charge in [0.25, 0.3) is 0 Å². The molecule has 11 rings (SSSR count). The Bertz CT molecular complexity index is 4820. The van der Waals surface area contributed by atoms with Crippen LogP contribution in [0.4, 0.5) is 68.0 Å². The fraction of sp³-hybridized carbons (Fsp3) is 0.337. The number of alkyl halides is 8. The van der Waals surface area contributed by atoms with Crippen molar-refractivity contribution in [2.75, 3.05) is 38.3 Å². The third kappa shape index (κ3) is 40.6. The third-order valence-corrected chi connectivity index (χ3v) is 15.7. The standard InChI is InChI=1S/C18H17N2O.C13H13N2O2.C12H14NO.C11F12N.C10H10NO.5C5H8O2.5Ir/c1-18(2)13-20(15-11-7-4-8-12-15)17(21)19-16(18)14-9-5-3-6-10-14;1-13(2)10(9-7-5-4-6-8-9)14-12(17)15(3)11(13)16;1-12(2)8-9-14-11(13-12)10-6-4-3-5-7-10;12-3-1-2(4(13)6(15)5(3)14)7-8(16,17)9(18,19)10(20,21)11(22,23)24-7;1-2-5-9(6-3-1)10-11-7-4-8-12-10;5*1-4(6)3-5(2)7;;;;;/h3-9,11-12H,13H2,1-2H3;4-7H,1-3H3;3-6H,8-9H2,1-2H3;;1-3,5H,4,7-8H2;5*3,6H,1-2H3;;;;;/q5*-1;;;;;;;;;;/p+5. The van der Waals surface area contributed by atoms with Crippen LogP contribution in [0.3, 0.4) is 0 Å². The molecule has 5 aliphatic rings. The second-order valence-corrected chi connectivity index (χ2v) is 28.7. The van der Waals surface area contributed by atoms with E-state index in [-0.39, 0.29) is 181 Å². The normalized spacial score (nSPS) is 16.7. The zero-order valence-electron chi connectivity index (χ0n) is 72.1. The molecular formula is C89H99F12Ir5N7O15. The molecule has 5 radical (unpaired) electrons. The number of amides is 5. The molecule has 0 aromatic heterocycles. The molecule has 5 aliphatic heterocycles. The fourth-order valence-electron chi connectivity index (χ4n) is 10.3. The van der Waals surface area contributed by atoms with Crippen molar-refractivity contribution >= 4 is 81.5 Å². The Balaban J connectivity index is -0.000000688. The van der Waals surface area contributed by atoms with E-state index in [0.29, 0.717) is 23.9 Å². The average Bonchev–Trinajstić information content (AvgIpc) is 0.697. The molecular weight excluding hydrogens is 2600 g/mol.